The summed E-state index contributed by atoms with van der Waals surface area (Å²) in [5.74, 6) is 0.255. The number of hydrogen-bond donors (Lipinski definition) is 0. The predicted molar refractivity (Wildman–Crippen MR) is 56.4 cm³/mol. The van der Waals surface area contributed by atoms with Crippen LogP contribution in [0.1, 0.15) is 40.5 Å². The fraction of sp³-hybridized carbons (Fsp3) is 0.889. The number of hydrogen-bond acceptors (Lipinski definition) is 2. The van der Waals surface area contributed by atoms with Crippen molar-refractivity contribution in [2.75, 3.05) is 12.5 Å². The van der Waals surface area contributed by atoms with Crippen molar-refractivity contribution < 1.29 is 4.79 Å². The van der Waals surface area contributed by atoms with Gasteiger partial charge in [-0.15, -0.1) is 0 Å². The highest BCUT2D eigenvalue weighted by Crippen LogP contribution is 1.71. The lowest BCUT2D eigenvalue weighted by molar-refractivity contribution is -0.116. The van der Waals surface area contributed by atoms with Crippen LogP contribution in [0.5, 0.6) is 0 Å². The van der Waals surface area contributed by atoms with Gasteiger partial charge >= 0.3 is 0 Å². The molecule has 0 amide bonds. The Labute approximate surface area is 76.0 Å². The summed E-state index contributed by atoms with van der Waals surface area (Å²) >= 11 is 1.75. The summed E-state index contributed by atoms with van der Waals surface area (Å²) in [6, 6.07) is 0. The smallest absolute Gasteiger partial charge is 0.129 e. The van der Waals surface area contributed by atoms with Gasteiger partial charge in [-0.3, -0.25) is 0 Å². The van der Waals surface area contributed by atoms with Crippen LogP contribution in [0.15, 0.2) is 0 Å². The first-order valence-electron chi connectivity index (χ1n) is 4.00. The van der Waals surface area contributed by atoms with Gasteiger partial charge in [0.2, 0.25) is 0 Å². The molecule has 0 aromatic carbocycles. The first kappa shape index (κ1) is 17.2. The van der Waals surface area contributed by atoms with Crippen LogP contribution in [0.25, 0.3) is 0 Å². The number of carbonyl (C=O) groups excluding carboxylic acids is 1. The molecule has 0 aliphatic rings. The molecular weight excluding hydrogens is 156 g/mol. The highest BCUT2D eigenvalue weighted by atomic mass is 32.2. The minimum absolute atomic E-state index is 0.255. The lowest BCUT2D eigenvalue weighted by Gasteiger charge is -1.71. The summed E-state index contributed by atoms with van der Waals surface area (Å²) in [5.41, 5.74) is 0. The van der Waals surface area contributed by atoms with Gasteiger partial charge in [0.1, 0.15) is 5.78 Å². The minimum Gasteiger partial charge on any atom is -0.300 e. The molecule has 0 radical (unpaired) electrons. The van der Waals surface area contributed by atoms with Gasteiger partial charge in [0.25, 0.3) is 0 Å². The van der Waals surface area contributed by atoms with Crippen molar-refractivity contribution >= 4 is 17.5 Å². The predicted octanol–water partition coefficient (Wildman–Crippen LogP) is 3.38. The molecule has 0 spiro atoms. The Morgan fingerprint density at radius 2 is 1.27 bits per heavy atom. The summed E-state index contributed by atoms with van der Waals surface area (Å²) < 4.78 is 0. The van der Waals surface area contributed by atoms with Crippen LogP contribution in [-0.4, -0.2) is 18.3 Å². The maximum Gasteiger partial charge on any atom is 0.129 e. The number of Topliss-reactive ketones (excluding diaryl/α,β-unsaturated/α-hetero) is 1. The van der Waals surface area contributed by atoms with Gasteiger partial charge in [0, 0.05) is 6.42 Å². The van der Waals surface area contributed by atoms with Crippen LogP contribution in [0.3, 0.4) is 0 Å². The second-order valence-electron chi connectivity index (χ2n) is 2.17. The zero-order valence-electron chi connectivity index (χ0n) is 8.73. The fourth-order valence-corrected chi connectivity index (χ4v) is 0. The van der Waals surface area contributed by atoms with E-state index in [9.17, 15) is 4.79 Å². The van der Waals surface area contributed by atoms with Crippen molar-refractivity contribution in [2.45, 2.75) is 40.5 Å². The van der Waals surface area contributed by atoms with Gasteiger partial charge in [-0.25, -0.2) is 0 Å². The van der Waals surface area contributed by atoms with Gasteiger partial charge in [0.15, 0.2) is 0 Å². The van der Waals surface area contributed by atoms with E-state index in [1.807, 2.05) is 19.4 Å². The summed E-state index contributed by atoms with van der Waals surface area (Å²) in [4.78, 5) is 9.81. The lowest BCUT2D eigenvalue weighted by atomic mass is 10.4. The number of ketones is 1. The third kappa shape index (κ3) is 158. The van der Waals surface area contributed by atoms with E-state index >= 15 is 0 Å². The third-order valence-corrected chi connectivity index (χ3v) is 0.498. The van der Waals surface area contributed by atoms with Crippen LogP contribution in [0.2, 0.25) is 0 Å². The largest absolute Gasteiger partial charge is 0.300 e. The molecule has 0 saturated carbocycles. The van der Waals surface area contributed by atoms with Gasteiger partial charge < -0.3 is 4.79 Å². The Morgan fingerprint density at radius 3 is 1.27 bits per heavy atom. The molecule has 0 aromatic heterocycles. The van der Waals surface area contributed by atoms with Crippen LogP contribution in [0.4, 0.5) is 0 Å². The van der Waals surface area contributed by atoms with Crippen molar-refractivity contribution in [3.05, 3.63) is 0 Å². The first-order valence-corrected chi connectivity index (χ1v) is 5.63. The molecule has 0 aromatic rings. The maximum absolute atomic E-state index is 9.81. The quantitative estimate of drug-likeness (QED) is 0.612. The molecular formula is C9H22OS. The lowest BCUT2D eigenvalue weighted by Crippen LogP contribution is -1.80. The van der Waals surface area contributed by atoms with Crippen molar-refractivity contribution in [3.63, 3.8) is 0 Å². The van der Waals surface area contributed by atoms with E-state index in [2.05, 4.69) is 13.8 Å². The molecule has 0 unspecified atom stereocenters. The van der Waals surface area contributed by atoms with E-state index in [-0.39, 0.29) is 5.78 Å². The zero-order chi connectivity index (χ0) is 9.70. The van der Waals surface area contributed by atoms with Crippen molar-refractivity contribution in [3.8, 4) is 0 Å². The van der Waals surface area contributed by atoms with E-state index in [4.69, 9.17) is 0 Å². The molecule has 0 N–H and O–H groups in total. The molecule has 2 heteroatoms. The van der Waals surface area contributed by atoms with Crippen LogP contribution in [0, 0.1) is 0 Å². The van der Waals surface area contributed by atoms with Gasteiger partial charge in [-0.2, -0.15) is 11.8 Å². The van der Waals surface area contributed by atoms with E-state index < -0.39 is 0 Å². The van der Waals surface area contributed by atoms with Crippen LogP contribution >= 0.6 is 11.8 Å². The Balaban J connectivity index is -0.0000000933. The normalized spacial score (nSPS) is 6.73. The SMILES string of the molecule is CCC.CCC(C)=O.CSC. The average molecular weight is 178 g/mol. The molecule has 1 nitrogen and oxygen atoms in total. The van der Waals surface area contributed by atoms with Gasteiger partial charge in [-0.05, 0) is 19.4 Å². The number of rotatable bonds is 1. The average Bonchev–Trinajstić information content (AvgIpc) is 1.91. The standard InChI is InChI=1S/C4H8O.C3H8.C2H6S/c1-3-4(2)5;2*1-3-2/h3H2,1-2H3;3H2,1-2H3;1-2H3. The Hall–Kier alpha value is 0.0200. The minimum atomic E-state index is 0.255. The summed E-state index contributed by atoms with van der Waals surface area (Å²) in [6.07, 6.45) is 6.00. The molecule has 0 bridgehead atoms. The topological polar surface area (TPSA) is 17.1 Å². The molecule has 0 heterocycles. The van der Waals surface area contributed by atoms with E-state index in [0.29, 0.717) is 6.42 Å². The van der Waals surface area contributed by atoms with Gasteiger partial charge in [0.05, 0.1) is 0 Å². The first-order chi connectivity index (χ1) is 5.10. The van der Waals surface area contributed by atoms with Crippen molar-refractivity contribution in [2.24, 2.45) is 0 Å². The van der Waals surface area contributed by atoms with Gasteiger partial charge in [-0.1, -0.05) is 27.2 Å². The Kier molecular flexibility index (Phi) is 35.2. The fourth-order valence-electron chi connectivity index (χ4n) is 0. The number of carbonyl (C=O) groups is 1. The molecule has 0 saturated heterocycles. The second-order valence-corrected chi connectivity index (χ2v) is 2.99. The molecule has 0 rings (SSSR count). The van der Waals surface area contributed by atoms with E-state index in [0.717, 1.165) is 0 Å². The zero-order valence-corrected chi connectivity index (χ0v) is 9.55. The maximum atomic E-state index is 9.81. The molecule has 0 atom stereocenters. The number of thioether (sulfide) groups is 1. The van der Waals surface area contributed by atoms with E-state index in [1.54, 1.807) is 18.7 Å². The molecule has 11 heavy (non-hydrogen) atoms. The summed E-state index contributed by atoms with van der Waals surface area (Å²) in [6.45, 7) is 7.68. The third-order valence-electron chi connectivity index (χ3n) is 0.498. The molecule has 0 fully saturated rings. The molecule has 0 aliphatic heterocycles. The van der Waals surface area contributed by atoms with Crippen LogP contribution < -0.4 is 0 Å². The van der Waals surface area contributed by atoms with Crippen molar-refractivity contribution in [1.82, 2.24) is 0 Å². The monoisotopic (exact) mass is 178 g/mol. The highest BCUT2D eigenvalue weighted by molar-refractivity contribution is 7.97. The van der Waals surface area contributed by atoms with Crippen molar-refractivity contribution in [1.29, 1.82) is 0 Å². The second kappa shape index (κ2) is 22.5. The summed E-state index contributed by atoms with van der Waals surface area (Å²) in [5, 5.41) is 0. The molecule has 0 aliphatic carbocycles. The Bertz CT molecular complexity index is 60.6. The highest BCUT2D eigenvalue weighted by Gasteiger charge is 1.76. The van der Waals surface area contributed by atoms with E-state index in [1.165, 1.54) is 6.42 Å². The van der Waals surface area contributed by atoms with Crippen LogP contribution in [-0.2, 0) is 4.79 Å². The Morgan fingerprint density at radius 1 is 1.18 bits per heavy atom. The molecule has 70 valence electrons. The summed E-state index contributed by atoms with van der Waals surface area (Å²) in [7, 11) is 0.